The highest BCUT2D eigenvalue weighted by molar-refractivity contribution is 5.25. The summed E-state index contributed by atoms with van der Waals surface area (Å²) in [6.07, 6.45) is 0.753. The van der Waals surface area contributed by atoms with Crippen LogP contribution in [0.4, 0.5) is 4.39 Å². The van der Waals surface area contributed by atoms with Gasteiger partial charge in [-0.05, 0) is 18.6 Å². The fourth-order valence-corrected chi connectivity index (χ4v) is 1.69. The van der Waals surface area contributed by atoms with E-state index in [-0.39, 0.29) is 12.2 Å². The van der Waals surface area contributed by atoms with Gasteiger partial charge in [-0.1, -0.05) is 12.1 Å². The molecular formula is C12H14FN3O. The average Bonchev–Trinajstić information content (AvgIpc) is 2.64. The molecule has 1 atom stereocenters. The number of hydrogen-bond donors (Lipinski definition) is 1. The molecule has 0 saturated carbocycles. The predicted octanol–water partition coefficient (Wildman–Crippen LogP) is 1.54. The van der Waals surface area contributed by atoms with Gasteiger partial charge in [-0.3, -0.25) is 4.68 Å². The number of aliphatic hydroxyl groups is 1. The molecule has 1 N–H and O–H groups in total. The van der Waals surface area contributed by atoms with Gasteiger partial charge in [0.2, 0.25) is 0 Å². The molecule has 17 heavy (non-hydrogen) atoms. The van der Waals surface area contributed by atoms with Gasteiger partial charge in [0.1, 0.15) is 18.0 Å². The summed E-state index contributed by atoms with van der Waals surface area (Å²) in [7, 11) is 1.74. The smallest absolute Gasteiger partial charge is 0.138 e. The van der Waals surface area contributed by atoms with Crippen LogP contribution in [0, 0.1) is 12.7 Å². The second-order valence-corrected chi connectivity index (χ2v) is 4.04. The Balaban J connectivity index is 2.20. The van der Waals surface area contributed by atoms with E-state index in [4.69, 9.17) is 0 Å². The first-order valence-corrected chi connectivity index (χ1v) is 5.35. The van der Waals surface area contributed by atoms with Gasteiger partial charge >= 0.3 is 0 Å². The van der Waals surface area contributed by atoms with Gasteiger partial charge < -0.3 is 5.11 Å². The third-order valence-electron chi connectivity index (χ3n) is 2.70. The Morgan fingerprint density at radius 1 is 1.47 bits per heavy atom. The van der Waals surface area contributed by atoms with Crippen LogP contribution in [0.5, 0.6) is 0 Å². The summed E-state index contributed by atoms with van der Waals surface area (Å²) in [5, 5.41) is 13.9. The molecule has 0 fully saturated rings. The Bertz CT molecular complexity index is 524. The van der Waals surface area contributed by atoms with E-state index in [9.17, 15) is 9.50 Å². The van der Waals surface area contributed by atoms with Gasteiger partial charge in [0.05, 0.1) is 6.10 Å². The van der Waals surface area contributed by atoms with Crippen LogP contribution in [0.25, 0.3) is 0 Å². The quantitative estimate of drug-likeness (QED) is 0.878. The topological polar surface area (TPSA) is 50.9 Å². The molecule has 0 spiro atoms. The summed E-state index contributed by atoms with van der Waals surface area (Å²) >= 11 is 0. The molecule has 1 aromatic heterocycles. The average molecular weight is 235 g/mol. The van der Waals surface area contributed by atoms with E-state index in [0.29, 0.717) is 11.4 Å². The third-order valence-corrected chi connectivity index (χ3v) is 2.70. The van der Waals surface area contributed by atoms with E-state index in [0.717, 1.165) is 5.56 Å². The van der Waals surface area contributed by atoms with Crippen LogP contribution < -0.4 is 0 Å². The van der Waals surface area contributed by atoms with Gasteiger partial charge in [-0.25, -0.2) is 9.37 Å². The first kappa shape index (κ1) is 11.7. The molecule has 0 aliphatic rings. The summed E-state index contributed by atoms with van der Waals surface area (Å²) in [5.74, 6) is 0.233. The van der Waals surface area contributed by atoms with Crippen molar-refractivity contribution >= 4 is 0 Å². The Labute approximate surface area is 98.7 Å². The van der Waals surface area contributed by atoms with Crippen molar-refractivity contribution in [2.24, 2.45) is 7.05 Å². The van der Waals surface area contributed by atoms with E-state index < -0.39 is 6.10 Å². The zero-order valence-corrected chi connectivity index (χ0v) is 9.76. The second-order valence-electron chi connectivity index (χ2n) is 4.04. The summed E-state index contributed by atoms with van der Waals surface area (Å²) < 4.78 is 15.2. The summed E-state index contributed by atoms with van der Waals surface area (Å²) in [5.41, 5.74) is 1.12. The van der Waals surface area contributed by atoms with Gasteiger partial charge in [-0.2, -0.15) is 5.10 Å². The van der Waals surface area contributed by atoms with Crippen LogP contribution in [0.2, 0.25) is 0 Å². The lowest BCUT2D eigenvalue weighted by Gasteiger charge is -2.11. The third kappa shape index (κ3) is 2.50. The van der Waals surface area contributed by atoms with Gasteiger partial charge in [0, 0.05) is 19.0 Å². The zero-order valence-electron chi connectivity index (χ0n) is 9.76. The van der Waals surface area contributed by atoms with E-state index in [1.807, 2.05) is 6.92 Å². The molecule has 0 bridgehead atoms. The van der Waals surface area contributed by atoms with Crippen LogP contribution in [0.1, 0.15) is 23.1 Å². The van der Waals surface area contributed by atoms with Crippen LogP contribution in [0.15, 0.2) is 24.5 Å². The molecule has 5 heteroatoms. The molecular weight excluding hydrogens is 221 g/mol. The van der Waals surface area contributed by atoms with Gasteiger partial charge in [0.25, 0.3) is 0 Å². The molecule has 0 aliphatic heterocycles. The number of rotatable bonds is 3. The van der Waals surface area contributed by atoms with E-state index >= 15 is 0 Å². The normalized spacial score (nSPS) is 12.7. The van der Waals surface area contributed by atoms with Crippen molar-refractivity contribution in [3.63, 3.8) is 0 Å². The molecule has 1 unspecified atom stereocenters. The highest BCUT2D eigenvalue weighted by Gasteiger charge is 2.15. The van der Waals surface area contributed by atoms with Crippen LogP contribution in [0.3, 0.4) is 0 Å². The SMILES string of the molecule is Cc1ccc(C(O)Cc2ncnn2C)c(F)c1. The van der Waals surface area contributed by atoms with Crippen molar-refractivity contribution in [1.29, 1.82) is 0 Å². The largest absolute Gasteiger partial charge is 0.388 e. The molecule has 4 nitrogen and oxygen atoms in total. The predicted molar refractivity (Wildman–Crippen MR) is 60.8 cm³/mol. The molecule has 0 aliphatic carbocycles. The van der Waals surface area contributed by atoms with Crippen molar-refractivity contribution in [2.45, 2.75) is 19.4 Å². The Hall–Kier alpha value is -1.75. The van der Waals surface area contributed by atoms with Crippen molar-refractivity contribution in [3.05, 3.63) is 47.3 Å². The fourth-order valence-electron chi connectivity index (χ4n) is 1.69. The summed E-state index contributed by atoms with van der Waals surface area (Å²) in [4.78, 5) is 4.00. The molecule has 0 radical (unpaired) electrons. The number of halogens is 1. The zero-order chi connectivity index (χ0) is 12.4. The lowest BCUT2D eigenvalue weighted by atomic mass is 10.0. The molecule has 1 heterocycles. The Kier molecular flexibility index (Phi) is 3.19. The van der Waals surface area contributed by atoms with E-state index in [1.54, 1.807) is 23.9 Å². The number of aromatic nitrogens is 3. The molecule has 0 amide bonds. The monoisotopic (exact) mass is 235 g/mol. The van der Waals surface area contributed by atoms with Crippen LogP contribution in [-0.2, 0) is 13.5 Å². The molecule has 2 rings (SSSR count). The second kappa shape index (κ2) is 4.63. The van der Waals surface area contributed by atoms with Crippen molar-refractivity contribution in [3.8, 4) is 0 Å². The van der Waals surface area contributed by atoms with Gasteiger partial charge in [0.15, 0.2) is 0 Å². The number of nitrogens with zero attached hydrogens (tertiary/aromatic N) is 3. The molecule has 1 aromatic carbocycles. The number of aliphatic hydroxyl groups excluding tert-OH is 1. The maximum atomic E-state index is 13.6. The minimum Gasteiger partial charge on any atom is -0.388 e. The van der Waals surface area contributed by atoms with Crippen molar-refractivity contribution in [1.82, 2.24) is 14.8 Å². The Morgan fingerprint density at radius 2 is 2.24 bits per heavy atom. The van der Waals surface area contributed by atoms with Crippen LogP contribution >= 0.6 is 0 Å². The first-order valence-electron chi connectivity index (χ1n) is 5.35. The molecule has 2 aromatic rings. The minimum atomic E-state index is -0.904. The summed E-state index contributed by atoms with van der Waals surface area (Å²) in [6.45, 7) is 1.81. The van der Waals surface area contributed by atoms with E-state index in [2.05, 4.69) is 10.1 Å². The maximum Gasteiger partial charge on any atom is 0.138 e. The molecule has 0 saturated heterocycles. The lowest BCUT2D eigenvalue weighted by Crippen LogP contribution is -2.09. The maximum absolute atomic E-state index is 13.6. The lowest BCUT2D eigenvalue weighted by molar-refractivity contribution is 0.169. The van der Waals surface area contributed by atoms with Gasteiger partial charge in [-0.15, -0.1) is 0 Å². The highest BCUT2D eigenvalue weighted by atomic mass is 19.1. The number of benzene rings is 1. The standard InChI is InChI=1S/C12H14FN3O/c1-8-3-4-9(10(13)5-8)11(17)6-12-14-7-15-16(12)2/h3-5,7,11,17H,6H2,1-2H3. The van der Waals surface area contributed by atoms with Crippen LogP contribution in [-0.4, -0.2) is 19.9 Å². The minimum absolute atomic E-state index is 0.247. The first-order chi connectivity index (χ1) is 8.08. The van der Waals surface area contributed by atoms with Crippen molar-refractivity contribution in [2.75, 3.05) is 0 Å². The number of hydrogen-bond acceptors (Lipinski definition) is 3. The van der Waals surface area contributed by atoms with Crippen molar-refractivity contribution < 1.29 is 9.50 Å². The van der Waals surface area contributed by atoms with E-state index in [1.165, 1.54) is 12.4 Å². The molecule has 90 valence electrons. The number of aryl methyl sites for hydroxylation is 2. The summed E-state index contributed by atoms with van der Waals surface area (Å²) in [6, 6.07) is 4.79. The Morgan fingerprint density at radius 3 is 2.82 bits per heavy atom. The highest BCUT2D eigenvalue weighted by Crippen LogP contribution is 2.21. The fraction of sp³-hybridized carbons (Fsp3) is 0.333.